The number of rotatable bonds is 6. The summed E-state index contributed by atoms with van der Waals surface area (Å²) in [6.45, 7) is 4.09. The Labute approximate surface area is 145 Å². The lowest BCUT2D eigenvalue weighted by Crippen LogP contribution is -2.48. The van der Waals surface area contributed by atoms with Gasteiger partial charge in [-0.3, -0.25) is 4.79 Å². The van der Waals surface area contributed by atoms with Crippen LogP contribution in [0.3, 0.4) is 0 Å². The predicted molar refractivity (Wildman–Crippen MR) is 97.3 cm³/mol. The number of hydrogen-bond donors (Lipinski definition) is 2. The number of unbranched alkanes of at least 4 members (excludes halogenated alkanes) is 1. The summed E-state index contributed by atoms with van der Waals surface area (Å²) in [6, 6.07) is 8.59. The minimum absolute atomic E-state index is 0.176. The molecule has 3 nitrogen and oxygen atoms in total. The molecule has 1 fully saturated rings. The Hall–Kier alpha value is -1.35. The maximum Gasteiger partial charge on any atom is 0.310 e. The van der Waals surface area contributed by atoms with Gasteiger partial charge in [0.2, 0.25) is 0 Å². The van der Waals surface area contributed by atoms with Crippen LogP contribution in [0.1, 0.15) is 68.9 Å². The maximum absolute atomic E-state index is 12.7. The number of carboxylic acids is 1. The zero-order valence-corrected chi connectivity index (χ0v) is 14.9. The van der Waals surface area contributed by atoms with Crippen LogP contribution in [0.2, 0.25) is 0 Å². The van der Waals surface area contributed by atoms with Crippen molar-refractivity contribution in [1.82, 2.24) is 5.32 Å². The van der Waals surface area contributed by atoms with Crippen molar-refractivity contribution in [3.8, 4) is 0 Å². The molecule has 3 rings (SSSR count). The molecule has 0 saturated carbocycles. The highest BCUT2D eigenvalue weighted by molar-refractivity contribution is 5.77. The Kier molecular flexibility index (Phi) is 5.60. The van der Waals surface area contributed by atoms with E-state index in [1.165, 1.54) is 11.1 Å². The Morgan fingerprint density at radius 2 is 2.00 bits per heavy atom. The van der Waals surface area contributed by atoms with Gasteiger partial charge in [0, 0.05) is 5.92 Å². The molecule has 2 unspecified atom stereocenters. The summed E-state index contributed by atoms with van der Waals surface area (Å²) in [5, 5.41) is 13.9. The molecule has 132 valence electrons. The van der Waals surface area contributed by atoms with Gasteiger partial charge >= 0.3 is 5.97 Å². The molecule has 1 heterocycles. The van der Waals surface area contributed by atoms with Crippen molar-refractivity contribution in [1.29, 1.82) is 0 Å². The first kappa shape index (κ1) is 17.5. The second-order valence-electron chi connectivity index (χ2n) is 7.62. The van der Waals surface area contributed by atoms with E-state index in [0.717, 1.165) is 64.5 Å². The van der Waals surface area contributed by atoms with E-state index in [1.807, 2.05) is 0 Å². The number of nitrogens with one attached hydrogen (secondary N) is 1. The maximum atomic E-state index is 12.7. The second-order valence-corrected chi connectivity index (χ2v) is 7.62. The van der Waals surface area contributed by atoms with E-state index >= 15 is 0 Å². The van der Waals surface area contributed by atoms with Gasteiger partial charge in [-0.05, 0) is 68.7 Å². The van der Waals surface area contributed by atoms with Crippen LogP contribution in [0, 0.1) is 11.3 Å². The molecule has 24 heavy (non-hydrogen) atoms. The molecule has 1 aromatic carbocycles. The Balaban J connectivity index is 2.04. The highest BCUT2D eigenvalue weighted by Crippen LogP contribution is 2.53. The molecule has 0 bridgehead atoms. The highest BCUT2D eigenvalue weighted by Gasteiger charge is 2.52. The monoisotopic (exact) mass is 329 g/mol. The van der Waals surface area contributed by atoms with Gasteiger partial charge in [0.05, 0.1) is 5.41 Å². The minimum Gasteiger partial charge on any atom is -0.481 e. The van der Waals surface area contributed by atoms with Gasteiger partial charge in [-0.2, -0.15) is 0 Å². The van der Waals surface area contributed by atoms with Gasteiger partial charge in [-0.1, -0.05) is 44.0 Å². The van der Waals surface area contributed by atoms with Gasteiger partial charge in [-0.25, -0.2) is 0 Å². The molecule has 0 radical (unpaired) electrons. The number of benzene rings is 1. The first-order chi connectivity index (χ1) is 11.7. The smallest absolute Gasteiger partial charge is 0.310 e. The van der Waals surface area contributed by atoms with Crippen molar-refractivity contribution in [3.63, 3.8) is 0 Å². The van der Waals surface area contributed by atoms with Crippen molar-refractivity contribution in [3.05, 3.63) is 35.4 Å². The number of hydrogen-bond acceptors (Lipinski definition) is 2. The van der Waals surface area contributed by atoms with E-state index in [-0.39, 0.29) is 5.92 Å². The second kappa shape index (κ2) is 7.69. The van der Waals surface area contributed by atoms with Gasteiger partial charge in [-0.15, -0.1) is 0 Å². The number of carbonyl (C=O) groups is 1. The third-order valence-electron chi connectivity index (χ3n) is 6.40. The molecule has 0 spiro atoms. The normalized spacial score (nSPS) is 24.1. The summed E-state index contributed by atoms with van der Waals surface area (Å²) in [4.78, 5) is 12.7. The molecule has 0 amide bonds. The lowest BCUT2D eigenvalue weighted by atomic mass is 9.56. The summed E-state index contributed by atoms with van der Waals surface area (Å²) in [5.41, 5.74) is 2.11. The van der Waals surface area contributed by atoms with Crippen LogP contribution in [0.25, 0.3) is 0 Å². The molecular formula is C21H31NO2. The van der Waals surface area contributed by atoms with Crippen LogP contribution in [-0.2, 0) is 11.2 Å². The number of carboxylic acid groups (broad SMARTS) is 1. The highest BCUT2D eigenvalue weighted by atomic mass is 16.4. The molecule has 2 N–H and O–H groups in total. The Bertz CT molecular complexity index is 565. The predicted octanol–water partition coefficient (Wildman–Crippen LogP) is 4.37. The first-order valence-electron chi connectivity index (χ1n) is 9.72. The molecule has 1 saturated heterocycles. The minimum atomic E-state index is -0.589. The molecule has 0 aromatic heterocycles. The topological polar surface area (TPSA) is 49.3 Å². The zero-order valence-electron chi connectivity index (χ0n) is 14.9. The van der Waals surface area contributed by atoms with Crippen LogP contribution in [-0.4, -0.2) is 24.2 Å². The van der Waals surface area contributed by atoms with Crippen LogP contribution < -0.4 is 5.32 Å². The first-order valence-corrected chi connectivity index (χ1v) is 9.72. The largest absolute Gasteiger partial charge is 0.481 e. The summed E-state index contributed by atoms with van der Waals surface area (Å²) in [7, 11) is 0. The molecule has 2 aliphatic rings. The summed E-state index contributed by atoms with van der Waals surface area (Å²) in [5.74, 6) is -0.0851. The number of fused-ring (bicyclic) bond motifs is 1. The average Bonchev–Trinajstić information content (AvgIpc) is 2.63. The van der Waals surface area contributed by atoms with Crippen molar-refractivity contribution in [2.75, 3.05) is 13.1 Å². The zero-order chi connectivity index (χ0) is 17.0. The van der Waals surface area contributed by atoms with E-state index in [2.05, 4.69) is 36.5 Å². The summed E-state index contributed by atoms with van der Waals surface area (Å²) >= 11 is 0. The van der Waals surface area contributed by atoms with Crippen molar-refractivity contribution < 1.29 is 9.90 Å². The van der Waals surface area contributed by atoms with Gasteiger partial charge in [0.1, 0.15) is 0 Å². The quantitative estimate of drug-likeness (QED) is 0.815. The molecule has 1 aliphatic heterocycles. The number of aliphatic carboxylic acids is 1. The van der Waals surface area contributed by atoms with Gasteiger partial charge < -0.3 is 10.4 Å². The average molecular weight is 329 g/mol. The third kappa shape index (κ3) is 3.11. The summed E-state index contributed by atoms with van der Waals surface area (Å²) < 4.78 is 0. The molecule has 1 aromatic rings. The standard InChI is InChI=1S/C21H31NO2/c1-2-3-13-21(20(23)24,17-11-14-22-15-12-17)19-10-6-8-16-7-4-5-9-18(16)19/h4-5,7,9,17,19,22H,2-3,6,8,10-15H2,1H3,(H,23,24). The van der Waals surface area contributed by atoms with E-state index in [0.29, 0.717) is 5.92 Å². The fraction of sp³-hybridized carbons (Fsp3) is 0.667. The SMILES string of the molecule is CCCCC(C(=O)O)(C1CCNCC1)C1CCCc2ccccc21. The van der Waals surface area contributed by atoms with E-state index in [9.17, 15) is 9.90 Å². The molecule has 1 aliphatic carbocycles. The lowest BCUT2D eigenvalue weighted by molar-refractivity contribution is -0.157. The Morgan fingerprint density at radius 3 is 2.71 bits per heavy atom. The van der Waals surface area contributed by atoms with Crippen LogP contribution in [0.5, 0.6) is 0 Å². The van der Waals surface area contributed by atoms with Crippen LogP contribution in [0.15, 0.2) is 24.3 Å². The lowest BCUT2D eigenvalue weighted by Gasteiger charge is -2.47. The van der Waals surface area contributed by atoms with Gasteiger partial charge in [0.25, 0.3) is 0 Å². The van der Waals surface area contributed by atoms with Crippen LogP contribution >= 0.6 is 0 Å². The van der Waals surface area contributed by atoms with Crippen LogP contribution in [0.4, 0.5) is 0 Å². The molecular weight excluding hydrogens is 298 g/mol. The fourth-order valence-electron chi connectivity index (χ4n) is 5.19. The van der Waals surface area contributed by atoms with E-state index in [1.54, 1.807) is 0 Å². The third-order valence-corrected chi connectivity index (χ3v) is 6.40. The van der Waals surface area contributed by atoms with E-state index in [4.69, 9.17) is 0 Å². The Morgan fingerprint density at radius 1 is 1.25 bits per heavy atom. The van der Waals surface area contributed by atoms with Crippen molar-refractivity contribution in [2.45, 2.75) is 64.2 Å². The van der Waals surface area contributed by atoms with Gasteiger partial charge in [0.15, 0.2) is 0 Å². The fourth-order valence-corrected chi connectivity index (χ4v) is 5.19. The number of aryl methyl sites for hydroxylation is 1. The molecule has 3 heteroatoms. The number of piperidine rings is 1. The van der Waals surface area contributed by atoms with Crippen molar-refractivity contribution in [2.24, 2.45) is 11.3 Å². The van der Waals surface area contributed by atoms with Crippen molar-refractivity contribution >= 4 is 5.97 Å². The van der Waals surface area contributed by atoms with E-state index < -0.39 is 11.4 Å². The summed E-state index contributed by atoms with van der Waals surface area (Å²) in [6.07, 6.45) is 8.13. The molecule has 2 atom stereocenters.